The molecule has 0 aliphatic carbocycles. The minimum absolute atomic E-state index is 0.194. The molecule has 0 spiro atoms. The summed E-state index contributed by atoms with van der Waals surface area (Å²) in [4.78, 5) is 8.36. The molecular weight excluding hydrogens is 201 g/mol. The van der Waals surface area contributed by atoms with Crippen molar-refractivity contribution in [2.75, 3.05) is 0 Å². The largest absolute Gasteiger partial charge is 0.573 e. The Morgan fingerprint density at radius 3 is 2.00 bits per heavy atom. The van der Waals surface area contributed by atoms with E-state index in [2.05, 4.69) is 4.74 Å². The zero-order valence-electron chi connectivity index (χ0n) is 6.86. The number of carboxylic acid groups (broad SMARTS) is 1. The van der Waals surface area contributed by atoms with Crippen LogP contribution in [0.3, 0.4) is 0 Å². The maximum atomic E-state index is 11.5. The highest BCUT2D eigenvalue weighted by atomic mass is 19.4. The van der Waals surface area contributed by atoms with Gasteiger partial charge in [-0.2, -0.15) is 0 Å². The Hall–Kier alpha value is -1.72. The number of halogens is 3. The molecule has 78 valence electrons. The fourth-order valence-corrected chi connectivity index (χ4v) is 0.622. The number of rotatable bonds is 1. The van der Waals surface area contributed by atoms with Gasteiger partial charge < -0.3 is 9.84 Å². The molecule has 0 saturated heterocycles. The lowest BCUT2D eigenvalue weighted by Gasteiger charge is -2.07. The van der Waals surface area contributed by atoms with Crippen LogP contribution in [-0.4, -0.2) is 17.9 Å². The number of para-hydroxylation sites is 1. The Kier molecular flexibility index (Phi) is 5.13. The number of carbonyl (C=O) groups is 1. The van der Waals surface area contributed by atoms with Crippen LogP contribution in [0.5, 0.6) is 5.75 Å². The quantitative estimate of drug-likeness (QED) is 0.720. The molecule has 3 nitrogen and oxygen atoms in total. The van der Waals surface area contributed by atoms with E-state index in [1.165, 1.54) is 24.3 Å². The summed E-state index contributed by atoms with van der Waals surface area (Å²) in [6.07, 6.45) is -4.60. The van der Waals surface area contributed by atoms with Crippen molar-refractivity contribution in [1.82, 2.24) is 0 Å². The first kappa shape index (κ1) is 12.3. The Labute approximate surface area is 77.7 Å². The highest BCUT2D eigenvalue weighted by molar-refractivity contribution is 5.32. The van der Waals surface area contributed by atoms with Gasteiger partial charge >= 0.3 is 6.36 Å². The third-order valence-electron chi connectivity index (χ3n) is 0.977. The van der Waals surface area contributed by atoms with Crippen molar-refractivity contribution >= 4 is 6.47 Å². The lowest BCUT2D eigenvalue weighted by molar-refractivity contribution is -0.274. The van der Waals surface area contributed by atoms with Gasteiger partial charge in [-0.3, -0.25) is 4.79 Å². The number of hydrogen-bond donors (Lipinski definition) is 1. The van der Waals surface area contributed by atoms with E-state index in [-0.39, 0.29) is 12.2 Å². The van der Waals surface area contributed by atoms with Gasteiger partial charge in [-0.05, 0) is 12.1 Å². The van der Waals surface area contributed by atoms with Crippen LogP contribution in [0.25, 0.3) is 0 Å². The first-order valence-corrected chi connectivity index (χ1v) is 3.38. The molecule has 0 saturated carbocycles. The monoisotopic (exact) mass is 208 g/mol. The van der Waals surface area contributed by atoms with Crippen LogP contribution in [0.4, 0.5) is 13.2 Å². The second-order valence-corrected chi connectivity index (χ2v) is 1.97. The second-order valence-electron chi connectivity index (χ2n) is 1.97. The van der Waals surface area contributed by atoms with Crippen molar-refractivity contribution in [1.29, 1.82) is 0 Å². The molecule has 0 radical (unpaired) electrons. The van der Waals surface area contributed by atoms with Crippen LogP contribution >= 0.6 is 0 Å². The summed E-state index contributed by atoms with van der Waals surface area (Å²) in [6, 6.07) is 7.05. The Bertz CT molecular complexity index is 258. The Morgan fingerprint density at radius 2 is 1.64 bits per heavy atom. The van der Waals surface area contributed by atoms with E-state index in [9.17, 15) is 13.2 Å². The molecule has 0 aliphatic heterocycles. The van der Waals surface area contributed by atoms with Gasteiger partial charge in [0.1, 0.15) is 5.75 Å². The summed E-state index contributed by atoms with van der Waals surface area (Å²) in [5.74, 6) is -0.194. The first-order chi connectivity index (χ1) is 6.49. The van der Waals surface area contributed by atoms with Crippen molar-refractivity contribution in [3.8, 4) is 5.75 Å². The molecule has 14 heavy (non-hydrogen) atoms. The van der Waals surface area contributed by atoms with Gasteiger partial charge in [0.25, 0.3) is 6.47 Å². The summed E-state index contributed by atoms with van der Waals surface area (Å²) in [6.45, 7) is -0.250. The molecule has 0 amide bonds. The molecule has 0 atom stereocenters. The summed E-state index contributed by atoms with van der Waals surface area (Å²) >= 11 is 0. The van der Waals surface area contributed by atoms with E-state index >= 15 is 0 Å². The number of alkyl halides is 3. The molecule has 0 unspecified atom stereocenters. The van der Waals surface area contributed by atoms with Gasteiger partial charge in [0.05, 0.1) is 0 Å². The van der Waals surface area contributed by atoms with Gasteiger partial charge in [0, 0.05) is 0 Å². The van der Waals surface area contributed by atoms with E-state index < -0.39 is 6.36 Å². The van der Waals surface area contributed by atoms with Crippen molar-refractivity contribution in [3.63, 3.8) is 0 Å². The lowest BCUT2D eigenvalue weighted by Crippen LogP contribution is -2.16. The van der Waals surface area contributed by atoms with Crippen LogP contribution in [0.2, 0.25) is 0 Å². The smallest absolute Gasteiger partial charge is 0.483 e. The van der Waals surface area contributed by atoms with Crippen LogP contribution in [0.15, 0.2) is 30.3 Å². The topological polar surface area (TPSA) is 46.5 Å². The van der Waals surface area contributed by atoms with E-state index in [1.807, 2.05) is 0 Å². The Balaban J connectivity index is 0.000000500. The molecule has 0 fully saturated rings. The Morgan fingerprint density at radius 1 is 1.21 bits per heavy atom. The molecule has 0 aromatic heterocycles. The average Bonchev–Trinajstić information content (AvgIpc) is 2.04. The van der Waals surface area contributed by atoms with Crippen molar-refractivity contribution in [2.45, 2.75) is 6.36 Å². The molecule has 6 heteroatoms. The maximum absolute atomic E-state index is 11.5. The van der Waals surface area contributed by atoms with Crippen molar-refractivity contribution < 1.29 is 27.8 Å². The highest BCUT2D eigenvalue weighted by Crippen LogP contribution is 2.21. The molecular formula is C8H7F3O3. The van der Waals surface area contributed by atoms with Crippen LogP contribution in [-0.2, 0) is 4.79 Å². The van der Waals surface area contributed by atoms with Crippen molar-refractivity contribution in [3.05, 3.63) is 30.3 Å². The normalized spacial score (nSPS) is 9.64. The fraction of sp³-hybridized carbons (Fsp3) is 0.125. The van der Waals surface area contributed by atoms with Crippen LogP contribution in [0.1, 0.15) is 0 Å². The molecule has 0 heterocycles. The van der Waals surface area contributed by atoms with E-state index in [0.29, 0.717) is 0 Å². The minimum atomic E-state index is -4.60. The summed E-state index contributed by atoms with van der Waals surface area (Å²) in [5.41, 5.74) is 0. The van der Waals surface area contributed by atoms with Gasteiger partial charge in [-0.1, -0.05) is 18.2 Å². The van der Waals surface area contributed by atoms with Gasteiger partial charge in [0.15, 0.2) is 0 Å². The molecule has 1 rings (SSSR count). The van der Waals surface area contributed by atoms with Crippen LogP contribution < -0.4 is 4.74 Å². The third-order valence-corrected chi connectivity index (χ3v) is 0.977. The highest BCUT2D eigenvalue weighted by Gasteiger charge is 2.30. The fourth-order valence-electron chi connectivity index (χ4n) is 0.622. The summed E-state index contributed by atoms with van der Waals surface area (Å²) in [5, 5.41) is 6.89. The molecule has 1 N–H and O–H groups in total. The lowest BCUT2D eigenvalue weighted by atomic mass is 10.3. The third kappa shape index (κ3) is 6.96. The second kappa shape index (κ2) is 5.85. The zero-order valence-corrected chi connectivity index (χ0v) is 6.86. The van der Waals surface area contributed by atoms with Gasteiger partial charge in [0.2, 0.25) is 0 Å². The average molecular weight is 208 g/mol. The van der Waals surface area contributed by atoms with E-state index in [4.69, 9.17) is 9.90 Å². The molecule has 0 aliphatic rings. The first-order valence-electron chi connectivity index (χ1n) is 3.38. The predicted molar refractivity (Wildman–Crippen MR) is 41.8 cm³/mol. The van der Waals surface area contributed by atoms with Crippen LogP contribution in [0, 0.1) is 0 Å². The minimum Gasteiger partial charge on any atom is -0.483 e. The predicted octanol–water partition coefficient (Wildman–Crippen LogP) is 2.29. The molecule has 1 aromatic carbocycles. The van der Waals surface area contributed by atoms with E-state index in [0.717, 1.165) is 0 Å². The number of hydrogen-bond acceptors (Lipinski definition) is 2. The van der Waals surface area contributed by atoms with Crippen molar-refractivity contribution in [2.24, 2.45) is 0 Å². The number of benzene rings is 1. The molecule has 1 aromatic rings. The maximum Gasteiger partial charge on any atom is 0.573 e. The number of ether oxygens (including phenoxy) is 1. The molecule has 0 bridgehead atoms. The zero-order chi connectivity index (χ0) is 11.0. The van der Waals surface area contributed by atoms with Gasteiger partial charge in [-0.15, -0.1) is 13.2 Å². The standard InChI is InChI=1S/C7H5F3O.CH2O2/c8-7(9,10)11-6-4-2-1-3-5-6;2-1-3/h1-5H;1H,(H,2,3). The van der Waals surface area contributed by atoms with E-state index in [1.54, 1.807) is 6.07 Å². The summed E-state index contributed by atoms with van der Waals surface area (Å²) in [7, 11) is 0. The SMILES string of the molecule is FC(F)(F)Oc1ccccc1.O=CO. The van der Waals surface area contributed by atoms with Gasteiger partial charge in [-0.25, -0.2) is 0 Å². The summed E-state index contributed by atoms with van der Waals surface area (Å²) < 4.78 is 38.2.